The Balaban J connectivity index is 1.99. The van der Waals surface area contributed by atoms with Crippen LogP contribution in [0.1, 0.15) is 25.7 Å². The molecule has 2 atom stereocenters. The highest BCUT2D eigenvalue weighted by Gasteiger charge is 2.38. The number of carboxylic acids is 1. The number of hydrogen-bond acceptors (Lipinski definition) is 2. The van der Waals surface area contributed by atoms with Crippen LogP contribution in [0.15, 0.2) is 0 Å². The highest BCUT2D eigenvalue weighted by Crippen LogP contribution is 2.40. The molecule has 0 aromatic carbocycles. The molecule has 1 aliphatic carbocycles. The summed E-state index contributed by atoms with van der Waals surface area (Å²) in [4.78, 5) is 11.0. The molecule has 3 nitrogen and oxygen atoms in total. The molecule has 74 valence electrons. The molecule has 13 heavy (non-hydrogen) atoms. The van der Waals surface area contributed by atoms with Gasteiger partial charge in [-0.3, -0.25) is 4.79 Å². The lowest BCUT2D eigenvalue weighted by Crippen LogP contribution is -2.39. The van der Waals surface area contributed by atoms with E-state index in [1.165, 1.54) is 19.3 Å². The maximum Gasteiger partial charge on any atom is 0.306 e. The van der Waals surface area contributed by atoms with Gasteiger partial charge in [0.15, 0.2) is 0 Å². The highest BCUT2D eigenvalue weighted by molar-refractivity contribution is 5.70. The number of rotatable bonds is 2. The van der Waals surface area contributed by atoms with Crippen molar-refractivity contribution in [3.8, 4) is 0 Å². The predicted molar refractivity (Wildman–Crippen MR) is 47.4 cm³/mol. The molecule has 1 saturated carbocycles. The molecular formula is C10H16O3. The minimum Gasteiger partial charge on any atom is -0.481 e. The van der Waals surface area contributed by atoms with Gasteiger partial charge in [0.05, 0.1) is 12.5 Å². The van der Waals surface area contributed by atoms with Crippen molar-refractivity contribution in [1.29, 1.82) is 0 Å². The number of carbonyl (C=O) groups is 1. The van der Waals surface area contributed by atoms with E-state index in [-0.39, 0.29) is 5.92 Å². The van der Waals surface area contributed by atoms with Crippen molar-refractivity contribution in [2.75, 3.05) is 13.2 Å². The fourth-order valence-corrected chi connectivity index (χ4v) is 2.40. The predicted octanol–water partition coefficient (Wildman–Crippen LogP) is 1.52. The normalized spacial score (nSPS) is 35.4. The lowest BCUT2D eigenvalue weighted by Gasteiger charge is -2.39. The standard InChI is InChI=1S/C10H16O3/c11-10(12)8-4-5-13-6-9(8)7-2-1-3-7/h7-9H,1-6H2,(H,11,12). The maximum atomic E-state index is 11.0. The zero-order valence-electron chi connectivity index (χ0n) is 7.74. The van der Waals surface area contributed by atoms with Gasteiger partial charge in [0, 0.05) is 6.61 Å². The summed E-state index contributed by atoms with van der Waals surface area (Å²) in [5.74, 6) is 0.153. The Morgan fingerprint density at radius 3 is 2.62 bits per heavy atom. The van der Waals surface area contributed by atoms with Gasteiger partial charge >= 0.3 is 5.97 Å². The minimum absolute atomic E-state index is 0.140. The van der Waals surface area contributed by atoms with Crippen molar-refractivity contribution < 1.29 is 14.6 Å². The molecule has 1 N–H and O–H groups in total. The van der Waals surface area contributed by atoms with Gasteiger partial charge < -0.3 is 9.84 Å². The van der Waals surface area contributed by atoms with Gasteiger partial charge in [-0.05, 0) is 18.3 Å². The molecule has 2 unspecified atom stereocenters. The Labute approximate surface area is 78.1 Å². The first kappa shape index (κ1) is 9.00. The van der Waals surface area contributed by atoms with Gasteiger partial charge in [-0.2, -0.15) is 0 Å². The molecule has 0 bridgehead atoms. The van der Waals surface area contributed by atoms with E-state index in [1.54, 1.807) is 0 Å². The fourth-order valence-electron chi connectivity index (χ4n) is 2.40. The van der Waals surface area contributed by atoms with Crippen LogP contribution >= 0.6 is 0 Å². The van der Waals surface area contributed by atoms with E-state index in [0.717, 1.165) is 0 Å². The summed E-state index contributed by atoms with van der Waals surface area (Å²) in [5, 5.41) is 9.02. The zero-order chi connectivity index (χ0) is 9.26. The Kier molecular flexibility index (Phi) is 2.54. The number of carboxylic acid groups (broad SMARTS) is 1. The lowest BCUT2D eigenvalue weighted by atomic mass is 9.69. The van der Waals surface area contributed by atoms with Crippen LogP contribution < -0.4 is 0 Å². The summed E-state index contributed by atoms with van der Waals surface area (Å²) in [6, 6.07) is 0. The van der Waals surface area contributed by atoms with Crippen LogP contribution in [0.4, 0.5) is 0 Å². The quantitative estimate of drug-likeness (QED) is 0.707. The van der Waals surface area contributed by atoms with Gasteiger partial charge in [-0.25, -0.2) is 0 Å². The second-order valence-electron chi connectivity index (χ2n) is 4.16. The van der Waals surface area contributed by atoms with Crippen LogP contribution in [-0.2, 0) is 9.53 Å². The van der Waals surface area contributed by atoms with Crippen LogP contribution in [0.2, 0.25) is 0 Å². The highest BCUT2D eigenvalue weighted by atomic mass is 16.5. The molecule has 0 spiro atoms. The van der Waals surface area contributed by atoms with E-state index < -0.39 is 5.97 Å². The number of hydrogen-bond donors (Lipinski definition) is 1. The third-order valence-corrected chi connectivity index (χ3v) is 3.47. The second kappa shape index (κ2) is 3.66. The van der Waals surface area contributed by atoms with Gasteiger partial charge in [0.2, 0.25) is 0 Å². The monoisotopic (exact) mass is 184 g/mol. The molecule has 0 radical (unpaired) electrons. The van der Waals surface area contributed by atoms with Gasteiger partial charge in [-0.15, -0.1) is 0 Å². The SMILES string of the molecule is O=C(O)C1CCOCC1C1CCC1. The third kappa shape index (κ3) is 1.70. The molecule has 2 rings (SSSR count). The molecular weight excluding hydrogens is 168 g/mol. The maximum absolute atomic E-state index is 11.0. The first-order valence-corrected chi connectivity index (χ1v) is 5.09. The molecule has 1 aliphatic heterocycles. The Bertz CT molecular complexity index is 198. The Morgan fingerprint density at radius 1 is 1.31 bits per heavy atom. The smallest absolute Gasteiger partial charge is 0.306 e. The Morgan fingerprint density at radius 2 is 2.08 bits per heavy atom. The van der Waals surface area contributed by atoms with Crippen LogP contribution in [0.3, 0.4) is 0 Å². The van der Waals surface area contributed by atoms with E-state index in [9.17, 15) is 4.79 Å². The molecule has 1 saturated heterocycles. The first-order valence-electron chi connectivity index (χ1n) is 5.09. The molecule has 0 aromatic heterocycles. The molecule has 2 fully saturated rings. The summed E-state index contributed by atoms with van der Waals surface area (Å²) in [6.07, 6.45) is 4.39. The summed E-state index contributed by atoms with van der Waals surface area (Å²) in [7, 11) is 0. The summed E-state index contributed by atoms with van der Waals surface area (Å²) >= 11 is 0. The van der Waals surface area contributed by atoms with Crippen LogP contribution in [0, 0.1) is 17.8 Å². The number of ether oxygens (including phenoxy) is 1. The largest absolute Gasteiger partial charge is 0.481 e. The van der Waals surface area contributed by atoms with Crippen molar-refractivity contribution in [2.24, 2.45) is 17.8 Å². The third-order valence-electron chi connectivity index (χ3n) is 3.47. The van der Waals surface area contributed by atoms with Crippen LogP contribution in [-0.4, -0.2) is 24.3 Å². The van der Waals surface area contributed by atoms with Crippen molar-refractivity contribution in [3.05, 3.63) is 0 Å². The van der Waals surface area contributed by atoms with Gasteiger partial charge in [0.1, 0.15) is 0 Å². The van der Waals surface area contributed by atoms with Gasteiger partial charge in [-0.1, -0.05) is 19.3 Å². The van der Waals surface area contributed by atoms with Crippen molar-refractivity contribution in [2.45, 2.75) is 25.7 Å². The zero-order valence-corrected chi connectivity index (χ0v) is 7.74. The van der Waals surface area contributed by atoms with E-state index in [1.807, 2.05) is 0 Å². The summed E-state index contributed by atoms with van der Waals surface area (Å²) in [5.41, 5.74) is 0. The molecule has 3 heteroatoms. The topological polar surface area (TPSA) is 46.5 Å². The lowest BCUT2D eigenvalue weighted by molar-refractivity contribution is -0.151. The van der Waals surface area contributed by atoms with E-state index in [0.29, 0.717) is 31.5 Å². The summed E-state index contributed by atoms with van der Waals surface area (Å²) in [6.45, 7) is 1.29. The molecule has 0 aromatic rings. The van der Waals surface area contributed by atoms with E-state index in [2.05, 4.69) is 0 Å². The van der Waals surface area contributed by atoms with Crippen molar-refractivity contribution in [1.82, 2.24) is 0 Å². The van der Waals surface area contributed by atoms with Crippen LogP contribution in [0.25, 0.3) is 0 Å². The van der Waals surface area contributed by atoms with E-state index in [4.69, 9.17) is 9.84 Å². The number of aliphatic carboxylic acids is 1. The first-order chi connectivity index (χ1) is 6.29. The summed E-state index contributed by atoms with van der Waals surface area (Å²) < 4.78 is 5.36. The molecule has 1 heterocycles. The minimum atomic E-state index is -0.625. The average molecular weight is 184 g/mol. The second-order valence-corrected chi connectivity index (χ2v) is 4.16. The molecule has 0 amide bonds. The average Bonchev–Trinajstić information content (AvgIpc) is 2.02. The van der Waals surface area contributed by atoms with E-state index >= 15 is 0 Å². The molecule has 2 aliphatic rings. The fraction of sp³-hybridized carbons (Fsp3) is 0.900. The van der Waals surface area contributed by atoms with Crippen molar-refractivity contribution >= 4 is 5.97 Å². The van der Waals surface area contributed by atoms with Crippen LogP contribution in [0.5, 0.6) is 0 Å². The van der Waals surface area contributed by atoms with Gasteiger partial charge in [0.25, 0.3) is 0 Å². The van der Waals surface area contributed by atoms with Crippen molar-refractivity contribution in [3.63, 3.8) is 0 Å². The Hall–Kier alpha value is -0.570.